The average Bonchev–Trinajstić information content (AvgIpc) is 3.43. The summed E-state index contributed by atoms with van der Waals surface area (Å²) >= 11 is 6.06. The molecule has 1 N–H and O–H groups in total. The molecular formula is C23H23ClN6O2. The Labute approximate surface area is 191 Å². The molecule has 0 bridgehead atoms. The quantitative estimate of drug-likeness (QED) is 0.327. The summed E-state index contributed by atoms with van der Waals surface area (Å²) in [6, 6.07) is 14.7. The first-order chi connectivity index (χ1) is 15.6. The molecule has 164 valence electrons. The first-order valence-corrected chi connectivity index (χ1v) is 10.7. The number of hydrogen-bond acceptors (Lipinski definition) is 5. The SMILES string of the molecule is COc1ccccc1CN=C(NC#N)N1CC(N2CCCC2=O)C(c2ccc(Cl)cc2)=N1. The summed E-state index contributed by atoms with van der Waals surface area (Å²) in [6.45, 7) is 1.40. The van der Waals surface area contributed by atoms with Crippen molar-refractivity contribution in [1.82, 2.24) is 15.2 Å². The number of nitriles is 1. The summed E-state index contributed by atoms with van der Waals surface area (Å²) in [5.41, 5.74) is 2.52. The molecule has 1 unspecified atom stereocenters. The third kappa shape index (κ3) is 4.53. The molecule has 0 aliphatic carbocycles. The van der Waals surface area contributed by atoms with E-state index in [1.54, 1.807) is 24.3 Å². The zero-order valence-electron chi connectivity index (χ0n) is 17.7. The van der Waals surface area contributed by atoms with Crippen molar-refractivity contribution in [1.29, 1.82) is 5.26 Å². The second-order valence-electron chi connectivity index (χ2n) is 7.47. The van der Waals surface area contributed by atoms with Crippen LogP contribution in [0.4, 0.5) is 0 Å². The number of rotatable bonds is 5. The second-order valence-corrected chi connectivity index (χ2v) is 7.91. The van der Waals surface area contributed by atoms with Crippen LogP contribution in [0.3, 0.4) is 0 Å². The van der Waals surface area contributed by atoms with E-state index >= 15 is 0 Å². The maximum absolute atomic E-state index is 12.5. The predicted octanol–water partition coefficient (Wildman–Crippen LogP) is 2.99. The highest BCUT2D eigenvalue weighted by atomic mass is 35.5. The molecule has 0 aromatic heterocycles. The summed E-state index contributed by atoms with van der Waals surface area (Å²) in [5, 5.41) is 19.0. The summed E-state index contributed by atoms with van der Waals surface area (Å²) in [4.78, 5) is 18.9. The number of ether oxygens (including phenoxy) is 1. The molecule has 2 aliphatic heterocycles. The number of guanidine groups is 1. The number of amides is 1. The smallest absolute Gasteiger partial charge is 0.228 e. The van der Waals surface area contributed by atoms with Crippen LogP contribution >= 0.6 is 11.6 Å². The van der Waals surface area contributed by atoms with Gasteiger partial charge in [-0.05, 0) is 24.6 Å². The normalized spacial score (nSPS) is 18.5. The number of benzene rings is 2. The van der Waals surface area contributed by atoms with Gasteiger partial charge >= 0.3 is 0 Å². The average molecular weight is 451 g/mol. The number of halogens is 1. The Kier molecular flexibility index (Phi) is 6.57. The van der Waals surface area contributed by atoms with Gasteiger partial charge in [-0.1, -0.05) is 41.9 Å². The van der Waals surface area contributed by atoms with Gasteiger partial charge in [0.05, 0.1) is 32.0 Å². The van der Waals surface area contributed by atoms with Gasteiger partial charge in [-0.3, -0.25) is 10.1 Å². The molecule has 2 aromatic carbocycles. The molecule has 2 aromatic rings. The molecule has 0 spiro atoms. The van der Waals surface area contributed by atoms with Crippen LogP contribution in [0.15, 0.2) is 58.6 Å². The van der Waals surface area contributed by atoms with Gasteiger partial charge in [0.1, 0.15) is 5.75 Å². The Morgan fingerprint density at radius 3 is 2.78 bits per heavy atom. The summed E-state index contributed by atoms with van der Waals surface area (Å²) in [5.74, 6) is 1.15. The lowest BCUT2D eigenvalue weighted by Gasteiger charge is -2.25. The molecule has 1 saturated heterocycles. The second kappa shape index (κ2) is 9.71. The van der Waals surface area contributed by atoms with Crippen LogP contribution in [0.5, 0.6) is 5.75 Å². The predicted molar refractivity (Wildman–Crippen MR) is 122 cm³/mol. The highest BCUT2D eigenvalue weighted by molar-refractivity contribution is 6.30. The van der Waals surface area contributed by atoms with Crippen molar-refractivity contribution >= 4 is 29.2 Å². The lowest BCUT2D eigenvalue weighted by Crippen LogP contribution is -2.45. The number of carbonyl (C=O) groups excluding carboxylic acids is 1. The minimum atomic E-state index is -0.233. The van der Waals surface area contributed by atoms with Crippen LogP contribution in [-0.2, 0) is 11.3 Å². The highest BCUT2D eigenvalue weighted by Crippen LogP contribution is 2.25. The molecule has 8 nitrogen and oxygen atoms in total. The zero-order chi connectivity index (χ0) is 22.5. The summed E-state index contributed by atoms with van der Waals surface area (Å²) < 4.78 is 5.39. The topological polar surface area (TPSA) is 93.3 Å². The number of hydrazone groups is 1. The van der Waals surface area contributed by atoms with Crippen molar-refractivity contribution in [3.05, 3.63) is 64.7 Å². The van der Waals surface area contributed by atoms with E-state index in [2.05, 4.69) is 10.3 Å². The fourth-order valence-corrected chi connectivity index (χ4v) is 4.09. The minimum absolute atomic E-state index is 0.110. The number of methoxy groups -OCH3 is 1. The molecule has 2 heterocycles. The molecule has 9 heteroatoms. The Balaban J connectivity index is 1.66. The van der Waals surface area contributed by atoms with Gasteiger partial charge < -0.3 is 9.64 Å². The van der Waals surface area contributed by atoms with Crippen molar-refractivity contribution in [2.75, 3.05) is 20.2 Å². The van der Waals surface area contributed by atoms with Crippen LogP contribution in [-0.4, -0.2) is 53.7 Å². The lowest BCUT2D eigenvalue weighted by molar-refractivity contribution is -0.128. The molecule has 1 fully saturated rings. The first-order valence-electron chi connectivity index (χ1n) is 10.3. The molecule has 1 amide bonds. The lowest BCUT2D eigenvalue weighted by atomic mass is 10.0. The standard InChI is InChI=1S/C23H23ClN6O2/c1-32-20-6-3-2-5-17(20)13-26-23(27-15-25)30-14-19(29-12-4-7-21(29)31)22(28-30)16-8-10-18(24)11-9-16/h2-3,5-6,8-11,19H,4,7,12-14H2,1H3,(H,26,27). The monoisotopic (exact) mass is 450 g/mol. The maximum atomic E-state index is 12.5. The van der Waals surface area contributed by atoms with Crippen LogP contribution < -0.4 is 10.1 Å². The van der Waals surface area contributed by atoms with E-state index in [4.69, 9.17) is 21.4 Å². The van der Waals surface area contributed by atoms with E-state index in [-0.39, 0.29) is 11.9 Å². The van der Waals surface area contributed by atoms with Gasteiger partial charge in [0.25, 0.3) is 0 Å². The largest absolute Gasteiger partial charge is 0.496 e. The molecule has 0 saturated carbocycles. The first kappa shape index (κ1) is 21.7. The van der Waals surface area contributed by atoms with E-state index in [1.807, 2.05) is 47.5 Å². The van der Waals surface area contributed by atoms with Gasteiger partial charge in [-0.25, -0.2) is 10.0 Å². The minimum Gasteiger partial charge on any atom is -0.496 e. The fraction of sp³-hybridized carbons (Fsp3) is 0.304. The molecule has 4 rings (SSSR count). The van der Waals surface area contributed by atoms with Gasteiger partial charge in [-0.2, -0.15) is 10.4 Å². The molecule has 1 atom stereocenters. The molecular weight excluding hydrogens is 428 g/mol. The van der Waals surface area contributed by atoms with Crippen LogP contribution in [0.1, 0.15) is 24.0 Å². The Morgan fingerprint density at radius 2 is 2.09 bits per heavy atom. The number of aliphatic imine (C=N–C) groups is 1. The number of likely N-dealkylation sites (tertiary alicyclic amines) is 1. The molecule has 32 heavy (non-hydrogen) atoms. The molecule has 0 radical (unpaired) electrons. The third-order valence-electron chi connectivity index (χ3n) is 5.52. The van der Waals surface area contributed by atoms with E-state index in [1.165, 1.54) is 0 Å². The van der Waals surface area contributed by atoms with Gasteiger partial charge in [-0.15, -0.1) is 0 Å². The molecule has 2 aliphatic rings. The van der Waals surface area contributed by atoms with E-state index in [0.717, 1.165) is 29.0 Å². The summed E-state index contributed by atoms with van der Waals surface area (Å²) in [7, 11) is 1.61. The number of carbonyl (C=O) groups is 1. The Hall–Kier alpha value is -3.57. The van der Waals surface area contributed by atoms with Gasteiger partial charge in [0, 0.05) is 29.1 Å². The number of nitrogens with one attached hydrogen (secondary N) is 1. The van der Waals surface area contributed by atoms with Crippen LogP contribution in [0.2, 0.25) is 5.02 Å². The van der Waals surface area contributed by atoms with Gasteiger partial charge in [0.15, 0.2) is 6.19 Å². The van der Waals surface area contributed by atoms with Crippen molar-refractivity contribution < 1.29 is 9.53 Å². The maximum Gasteiger partial charge on any atom is 0.228 e. The van der Waals surface area contributed by atoms with Crippen molar-refractivity contribution in [3.63, 3.8) is 0 Å². The Morgan fingerprint density at radius 1 is 1.31 bits per heavy atom. The Bertz CT molecular complexity index is 1090. The number of nitrogens with zero attached hydrogens (tertiary/aromatic N) is 5. The third-order valence-corrected chi connectivity index (χ3v) is 5.77. The highest BCUT2D eigenvalue weighted by Gasteiger charge is 2.38. The zero-order valence-corrected chi connectivity index (χ0v) is 18.4. The van der Waals surface area contributed by atoms with Crippen molar-refractivity contribution in [3.8, 4) is 11.9 Å². The van der Waals surface area contributed by atoms with E-state index in [9.17, 15) is 10.1 Å². The van der Waals surface area contributed by atoms with Crippen molar-refractivity contribution in [2.45, 2.75) is 25.4 Å². The summed E-state index contributed by atoms with van der Waals surface area (Å²) in [6.07, 6.45) is 3.31. The van der Waals surface area contributed by atoms with Crippen LogP contribution in [0, 0.1) is 11.5 Å². The number of hydrogen-bond donors (Lipinski definition) is 1. The van der Waals surface area contributed by atoms with Crippen molar-refractivity contribution in [2.24, 2.45) is 10.1 Å². The van der Waals surface area contributed by atoms with Gasteiger partial charge in [0.2, 0.25) is 11.9 Å². The number of para-hydroxylation sites is 1. The van der Waals surface area contributed by atoms with Crippen LogP contribution in [0.25, 0.3) is 0 Å². The van der Waals surface area contributed by atoms with E-state index < -0.39 is 0 Å². The van der Waals surface area contributed by atoms with E-state index in [0.29, 0.717) is 37.0 Å². The fourth-order valence-electron chi connectivity index (χ4n) is 3.97.